The van der Waals surface area contributed by atoms with Crippen molar-refractivity contribution in [2.45, 2.75) is 51.3 Å². The Bertz CT molecular complexity index is 1180. The number of carbonyl (C=O) groups excluding carboxylic acids is 2. The van der Waals surface area contributed by atoms with E-state index >= 15 is 0 Å². The van der Waals surface area contributed by atoms with E-state index in [0.717, 1.165) is 82.8 Å². The molecule has 1 unspecified atom stereocenters. The lowest BCUT2D eigenvalue weighted by Crippen LogP contribution is -2.43. The number of aliphatic hydroxyl groups excluding tert-OH is 1. The summed E-state index contributed by atoms with van der Waals surface area (Å²) in [6.45, 7) is 8.09. The lowest BCUT2D eigenvalue weighted by atomic mass is 9.95. The van der Waals surface area contributed by atoms with Gasteiger partial charge in [0, 0.05) is 84.1 Å². The van der Waals surface area contributed by atoms with Gasteiger partial charge in [-0.3, -0.25) is 9.69 Å². The Labute approximate surface area is 237 Å². The van der Waals surface area contributed by atoms with Crippen molar-refractivity contribution in [2.75, 3.05) is 63.8 Å². The van der Waals surface area contributed by atoms with Gasteiger partial charge < -0.3 is 24.7 Å². The molecule has 4 aliphatic rings. The number of piperidine rings is 1. The number of β-amino-alcohol motifs (C(OH)–C–C–N with tert-alkyl or cyclic N) is 1. The lowest BCUT2D eigenvalue weighted by molar-refractivity contribution is -0.135. The third-order valence-electron chi connectivity index (χ3n) is 9.06. The lowest BCUT2D eigenvalue weighted by Gasteiger charge is -2.34. The Kier molecular flexibility index (Phi) is 8.20. The molecule has 1 atom stereocenters. The molecule has 5 heterocycles. The molecular formula is C31H42N6O3. The maximum Gasteiger partial charge on any atom is 0.320 e. The van der Waals surface area contributed by atoms with Crippen LogP contribution in [0.1, 0.15) is 42.4 Å². The van der Waals surface area contributed by atoms with Crippen molar-refractivity contribution < 1.29 is 14.7 Å². The third-order valence-corrected chi connectivity index (χ3v) is 9.06. The average molecular weight is 547 g/mol. The second kappa shape index (κ2) is 12.1. The predicted molar refractivity (Wildman–Crippen MR) is 154 cm³/mol. The van der Waals surface area contributed by atoms with Crippen LogP contribution in [-0.2, 0) is 24.3 Å². The summed E-state index contributed by atoms with van der Waals surface area (Å²) in [5, 5.41) is 10.8. The number of rotatable bonds is 8. The van der Waals surface area contributed by atoms with E-state index in [2.05, 4.69) is 40.1 Å². The SMILES string of the molecule is O=C(C1CCN(c2ccc(CN3CCN(CC(O)CN4CCc5ccccc5C4)C3=O)cn2)CC1)N1CCCC1. The van der Waals surface area contributed by atoms with Crippen LogP contribution in [0.25, 0.3) is 0 Å². The zero-order valence-electron chi connectivity index (χ0n) is 23.5. The fraction of sp³-hybridized carbons (Fsp3) is 0.581. The molecule has 0 aliphatic carbocycles. The molecule has 214 valence electrons. The van der Waals surface area contributed by atoms with Gasteiger partial charge in [-0.15, -0.1) is 0 Å². The molecule has 40 heavy (non-hydrogen) atoms. The summed E-state index contributed by atoms with van der Waals surface area (Å²) in [4.78, 5) is 40.7. The number of aliphatic hydroxyl groups is 1. The highest BCUT2D eigenvalue weighted by molar-refractivity contribution is 5.79. The molecule has 3 amide bonds. The maximum atomic E-state index is 13.1. The van der Waals surface area contributed by atoms with E-state index in [0.29, 0.717) is 38.6 Å². The van der Waals surface area contributed by atoms with E-state index in [1.807, 2.05) is 22.1 Å². The number of hydrogen-bond acceptors (Lipinski definition) is 6. The van der Waals surface area contributed by atoms with Gasteiger partial charge in [0.05, 0.1) is 6.10 Å². The van der Waals surface area contributed by atoms with E-state index in [1.165, 1.54) is 11.1 Å². The van der Waals surface area contributed by atoms with Crippen molar-refractivity contribution in [1.82, 2.24) is 24.6 Å². The molecular weight excluding hydrogens is 504 g/mol. The number of likely N-dealkylation sites (tertiary alicyclic amines) is 1. The van der Waals surface area contributed by atoms with Crippen LogP contribution in [0.2, 0.25) is 0 Å². The molecule has 2 aromatic rings. The minimum absolute atomic E-state index is 0.0168. The summed E-state index contributed by atoms with van der Waals surface area (Å²) in [5.74, 6) is 1.43. The van der Waals surface area contributed by atoms with E-state index in [4.69, 9.17) is 4.98 Å². The van der Waals surface area contributed by atoms with Crippen LogP contribution in [-0.4, -0.2) is 107 Å². The van der Waals surface area contributed by atoms with Gasteiger partial charge >= 0.3 is 6.03 Å². The average Bonchev–Trinajstić information content (AvgIpc) is 3.64. The van der Waals surface area contributed by atoms with Gasteiger partial charge in [0.25, 0.3) is 0 Å². The largest absolute Gasteiger partial charge is 0.390 e. The minimum atomic E-state index is -0.565. The first-order valence-corrected chi connectivity index (χ1v) is 15.0. The summed E-state index contributed by atoms with van der Waals surface area (Å²) < 4.78 is 0. The molecule has 3 saturated heterocycles. The predicted octanol–water partition coefficient (Wildman–Crippen LogP) is 2.58. The van der Waals surface area contributed by atoms with Gasteiger partial charge in [-0.1, -0.05) is 30.3 Å². The molecule has 4 aliphatic heterocycles. The molecule has 0 radical (unpaired) electrons. The smallest absolute Gasteiger partial charge is 0.320 e. The van der Waals surface area contributed by atoms with Crippen LogP contribution in [0, 0.1) is 5.92 Å². The summed E-state index contributed by atoms with van der Waals surface area (Å²) >= 11 is 0. The maximum absolute atomic E-state index is 13.1. The fourth-order valence-corrected chi connectivity index (χ4v) is 6.74. The van der Waals surface area contributed by atoms with E-state index in [1.54, 1.807) is 4.90 Å². The molecule has 0 saturated carbocycles. The standard InChI is InChI=1S/C31H42N6O3/c38-28(22-33-14-9-25-5-1-2-6-27(25)21-33)23-37-18-17-36(31(37)40)20-24-7-8-29(32-19-24)34-15-10-26(11-16-34)30(39)35-12-3-4-13-35/h1-2,5-8,19,26,28,38H,3-4,9-18,20-23H2. The van der Waals surface area contributed by atoms with Crippen LogP contribution >= 0.6 is 0 Å². The Morgan fingerprint density at radius 2 is 1.65 bits per heavy atom. The molecule has 3 fully saturated rings. The highest BCUT2D eigenvalue weighted by Crippen LogP contribution is 2.25. The molecule has 6 rings (SSSR count). The van der Waals surface area contributed by atoms with Crippen LogP contribution in [0.3, 0.4) is 0 Å². The number of urea groups is 1. The number of amides is 3. The van der Waals surface area contributed by atoms with Gasteiger partial charge in [-0.25, -0.2) is 9.78 Å². The second-order valence-electron chi connectivity index (χ2n) is 11.9. The van der Waals surface area contributed by atoms with E-state index in [-0.39, 0.29) is 11.9 Å². The normalized spacial score (nSPS) is 21.3. The second-order valence-corrected chi connectivity index (χ2v) is 11.9. The third kappa shape index (κ3) is 6.10. The van der Waals surface area contributed by atoms with Gasteiger partial charge in [-0.05, 0) is 54.9 Å². The number of hydrogen-bond donors (Lipinski definition) is 1. The zero-order valence-corrected chi connectivity index (χ0v) is 23.5. The molecule has 0 bridgehead atoms. The summed E-state index contributed by atoms with van der Waals surface area (Å²) in [6, 6.07) is 12.6. The molecule has 0 spiro atoms. The van der Waals surface area contributed by atoms with Crippen molar-refractivity contribution in [3.63, 3.8) is 0 Å². The van der Waals surface area contributed by atoms with Crippen molar-refractivity contribution in [1.29, 1.82) is 0 Å². The molecule has 1 aromatic heterocycles. The van der Waals surface area contributed by atoms with E-state index in [9.17, 15) is 14.7 Å². The number of aromatic nitrogens is 1. The summed E-state index contributed by atoms with van der Waals surface area (Å²) in [5.41, 5.74) is 3.74. The Balaban J connectivity index is 0.947. The van der Waals surface area contributed by atoms with Crippen molar-refractivity contribution >= 4 is 17.8 Å². The number of carbonyl (C=O) groups is 2. The van der Waals surface area contributed by atoms with Crippen molar-refractivity contribution in [3.8, 4) is 0 Å². The number of fused-ring (bicyclic) bond motifs is 1. The van der Waals surface area contributed by atoms with Crippen molar-refractivity contribution in [3.05, 3.63) is 59.3 Å². The first-order valence-electron chi connectivity index (χ1n) is 15.0. The Morgan fingerprint density at radius 1 is 0.900 bits per heavy atom. The zero-order chi connectivity index (χ0) is 27.5. The summed E-state index contributed by atoms with van der Waals surface area (Å²) in [6.07, 6.45) is 6.35. The van der Waals surface area contributed by atoms with Gasteiger partial charge in [0.1, 0.15) is 5.82 Å². The quantitative estimate of drug-likeness (QED) is 0.548. The van der Waals surface area contributed by atoms with Gasteiger partial charge in [0.15, 0.2) is 0 Å². The highest BCUT2D eigenvalue weighted by Gasteiger charge is 2.32. The Hall–Kier alpha value is -3.17. The molecule has 9 nitrogen and oxygen atoms in total. The van der Waals surface area contributed by atoms with Crippen LogP contribution in [0.4, 0.5) is 10.6 Å². The molecule has 1 aromatic carbocycles. The van der Waals surface area contributed by atoms with Crippen molar-refractivity contribution in [2.24, 2.45) is 5.92 Å². The van der Waals surface area contributed by atoms with Gasteiger partial charge in [-0.2, -0.15) is 0 Å². The van der Waals surface area contributed by atoms with E-state index < -0.39 is 6.10 Å². The van der Waals surface area contributed by atoms with Gasteiger partial charge in [0.2, 0.25) is 5.91 Å². The molecule has 1 N–H and O–H groups in total. The first-order chi connectivity index (χ1) is 19.5. The fourth-order valence-electron chi connectivity index (χ4n) is 6.74. The monoisotopic (exact) mass is 546 g/mol. The number of benzene rings is 1. The highest BCUT2D eigenvalue weighted by atomic mass is 16.3. The first kappa shape index (κ1) is 27.0. The van der Waals surface area contributed by atoms with Crippen LogP contribution in [0.15, 0.2) is 42.6 Å². The van der Waals surface area contributed by atoms with Crippen LogP contribution < -0.4 is 4.90 Å². The number of nitrogens with zero attached hydrogens (tertiary/aromatic N) is 6. The van der Waals surface area contributed by atoms with Crippen LogP contribution in [0.5, 0.6) is 0 Å². The molecule has 9 heteroatoms. The number of anilines is 1. The minimum Gasteiger partial charge on any atom is -0.390 e. The Morgan fingerprint density at radius 3 is 2.40 bits per heavy atom. The summed E-state index contributed by atoms with van der Waals surface area (Å²) in [7, 11) is 0. The topological polar surface area (TPSA) is 83.5 Å². The number of pyridine rings is 1.